The Bertz CT molecular complexity index is 533. The summed E-state index contributed by atoms with van der Waals surface area (Å²) in [5.41, 5.74) is 0.218. The van der Waals surface area contributed by atoms with Gasteiger partial charge in [-0.15, -0.1) is 0 Å². The maximum atomic E-state index is 12.3. The number of hydrogen-bond donors (Lipinski definition) is 2. The van der Waals surface area contributed by atoms with Crippen LogP contribution in [0.4, 0.5) is 0 Å². The normalized spacial score (nSPS) is 15.9. The summed E-state index contributed by atoms with van der Waals surface area (Å²) in [4.78, 5) is 0.221. The van der Waals surface area contributed by atoms with Crippen molar-refractivity contribution in [2.45, 2.75) is 63.5 Å². The molecule has 1 rings (SSSR count). The van der Waals surface area contributed by atoms with E-state index in [4.69, 9.17) is 0 Å². The van der Waals surface area contributed by atoms with E-state index in [9.17, 15) is 13.5 Å². The van der Waals surface area contributed by atoms with Gasteiger partial charge in [0.2, 0.25) is 10.0 Å². The lowest BCUT2D eigenvalue weighted by atomic mass is 9.99. The first-order valence-corrected chi connectivity index (χ1v) is 8.40. The van der Waals surface area contributed by atoms with Gasteiger partial charge in [-0.3, -0.25) is 0 Å². The number of benzene rings is 1. The van der Waals surface area contributed by atoms with Gasteiger partial charge in [-0.1, -0.05) is 26.0 Å². The van der Waals surface area contributed by atoms with E-state index >= 15 is 0 Å². The zero-order valence-electron chi connectivity index (χ0n) is 12.8. The van der Waals surface area contributed by atoms with Gasteiger partial charge in [0.1, 0.15) is 0 Å². The first-order valence-electron chi connectivity index (χ1n) is 6.92. The highest BCUT2D eigenvalue weighted by atomic mass is 32.2. The molecule has 4 nitrogen and oxygen atoms in total. The highest BCUT2D eigenvalue weighted by molar-refractivity contribution is 7.89. The molecule has 0 aliphatic heterocycles. The monoisotopic (exact) mass is 299 g/mol. The van der Waals surface area contributed by atoms with Crippen LogP contribution in [0.3, 0.4) is 0 Å². The average Bonchev–Trinajstić information content (AvgIpc) is 2.36. The highest BCUT2D eigenvalue weighted by Crippen LogP contribution is 2.21. The van der Waals surface area contributed by atoms with Crippen molar-refractivity contribution in [3.05, 3.63) is 29.8 Å². The molecule has 2 atom stereocenters. The maximum absolute atomic E-state index is 12.3. The maximum Gasteiger partial charge on any atom is 0.241 e. The first-order chi connectivity index (χ1) is 9.10. The molecule has 0 saturated carbocycles. The third kappa shape index (κ3) is 4.04. The average molecular weight is 299 g/mol. The minimum absolute atomic E-state index is 0.221. The van der Waals surface area contributed by atoms with E-state index in [1.54, 1.807) is 32.9 Å². The molecule has 0 bridgehead atoms. The summed E-state index contributed by atoms with van der Waals surface area (Å²) in [5.74, 6) is 0.411. The number of aliphatic hydroxyl groups excluding tert-OH is 1. The fourth-order valence-electron chi connectivity index (χ4n) is 1.70. The van der Waals surface area contributed by atoms with Gasteiger partial charge in [-0.2, -0.15) is 0 Å². The fraction of sp³-hybridized carbons (Fsp3) is 0.600. The third-order valence-electron chi connectivity index (χ3n) is 3.81. The van der Waals surface area contributed by atoms with Gasteiger partial charge >= 0.3 is 0 Å². The van der Waals surface area contributed by atoms with Crippen molar-refractivity contribution in [2.75, 3.05) is 0 Å². The quantitative estimate of drug-likeness (QED) is 0.848. The zero-order valence-corrected chi connectivity index (χ0v) is 13.7. The van der Waals surface area contributed by atoms with Crippen LogP contribution in [0.15, 0.2) is 29.2 Å². The fourth-order valence-corrected chi connectivity index (χ4v) is 3.18. The molecular weight excluding hydrogens is 274 g/mol. The molecule has 0 spiro atoms. The molecule has 1 aromatic carbocycles. The van der Waals surface area contributed by atoms with Crippen molar-refractivity contribution in [2.24, 2.45) is 0 Å². The van der Waals surface area contributed by atoms with E-state index < -0.39 is 21.7 Å². The predicted molar refractivity (Wildman–Crippen MR) is 81.2 cm³/mol. The van der Waals surface area contributed by atoms with Crippen molar-refractivity contribution in [1.29, 1.82) is 0 Å². The van der Waals surface area contributed by atoms with Crippen molar-refractivity contribution in [3.63, 3.8) is 0 Å². The van der Waals surface area contributed by atoms with Crippen LogP contribution in [0, 0.1) is 0 Å². The standard InChI is InChI=1S/C15H25NO3S/c1-6-11(2)13-7-9-14(10-8-13)20(18,19)16-15(4,5)12(3)17/h7-12,16-17H,6H2,1-5H3. The zero-order chi connectivity index (χ0) is 15.6. The van der Waals surface area contributed by atoms with Crippen LogP contribution in [0.25, 0.3) is 0 Å². The Balaban J connectivity index is 3.00. The number of sulfonamides is 1. The predicted octanol–water partition coefficient (Wildman–Crippen LogP) is 2.64. The molecule has 0 aliphatic carbocycles. The van der Waals surface area contributed by atoms with Crippen LogP contribution in [-0.2, 0) is 10.0 Å². The topological polar surface area (TPSA) is 66.4 Å². The smallest absolute Gasteiger partial charge is 0.241 e. The van der Waals surface area contributed by atoms with Gasteiger partial charge < -0.3 is 5.11 Å². The van der Waals surface area contributed by atoms with Gasteiger partial charge in [0.15, 0.2) is 0 Å². The van der Waals surface area contributed by atoms with Crippen molar-refractivity contribution in [1.82, 2.24) is 4.72 Å². The molecule has 1 aromatic rings. The van der Waals surface area contributed by atoms with Crippen LogP contribution in [0.5, 0.6) is 0 Å². The Morgan fingerprint density at radius 1 is 1.20 bits per heavy atom. The van der Waals surface area contributed by atoms with Gasteiger partial charge in [-0.05, 0) is 50.8 Å². The molecule has 0 saturated heterocycles. The molecule has 20 heavy (non-hydrogen) atoms. The molecule has 0 aliphatic rings. The minimum atomic E-state index is -3.62. The van der Waals surface area contributed by atoms with E-state index in [1.165, 1.54) is 0 Å². The highest BCUT2D eigenvalue weighted by Gasteiger charge is 2.30. The molecule has 0 aromatic heterocycles. The number of rotatable bonds is 6. The Kier molecular flexibility index (Phi) is 5.35. The Morgan fingerprint density at radius 3 is 2.10 bits per heavy atom. The van der Waals surface area contributed by atoms with Crippen LogP contribution >= 0.6 is 0 Å². The molecule has 114 valence electrons. The van der Waals surface area contributed by atoms with Crippen LogP contribution in [-0.4, -0.2) is 25.2 Å². The molecule has 2 N–H and O–H groups in total. The van der Waals surface area contributed by atoms with Gasteiger partial charge in [0.25, 0.3) is 0 Å². The summed E-state index contributed by atoms with van der Waals surface area (Å²) in [6, 6.07) is 6.92. The molecule has 0 heterocycles. The molecule has 0 fully saturated rings. The van der Waals surface area contributed by atoms with Crippen LogP contribution in [0.2, 0.25) is 0 Å². The molecule has 0 radical (unpaired) electrons. The summed E-state index contributed by atoms with van der Waals surface area (Å²) in [5, 5.41) is 9.61. The van der Waals surface area contributed by atoms with Crippen molar-refractivity contribution in [3.8, 4) is 0 Å². The van der Waals surface area contributed by atoms with Crippen molar-refractivity contribution >= 4 is 10.0 Å². The van der Waals surface area contributed by atoms with E-state index in [0.29, 0.717) is 5.92 Å². The lowest BCUT2D eigenvalue weighted by Gasteiger charge is -2.28. The van der Waals surface area contributed by atoms with Gasteiger partial charge in [0, 0.05) is 0 Å². The third-order valence-corrected chi connectivity index (χ3v) is 5.50. The van der Waals surface area contributed by atoms with Crippen LogP contribution < -0.4 is 4.72 Å². The van der Waals surface area contributed by atoms with Crippen molar-refractivity contribution < 1.29 is 13.5 Å². The van der Waals surface area contributed by atoms with E-state index in [2.05, 4.69) is 18.6 Å². The summed E-state index contributed by atoms with van der Waals surface area (Å²) in [6.07, 6.45) is 0.232. The van der Waals surface area contributed by atoms with Crippen LogP contribution in [0.1, 0.15) is 52.5 Å². The second-order valence-corrected chi connectivity index (χ2v) is 7.56. The number of nitrogens with one attached hydrogen (secondary N) is 1. The van der Waals surface area contributed by atoms with E-state index in [1.807, 2.05) is 12.1 Å². The van der Waals surface area contributed by atoms with E-state index in [0.717, 1.165) is 12.0 Å². The minimum Gasteiger partial charge on any atom is -0.391 e. The molecule has 0 amide bonds. The SMILES string of the molecule is CCC(C)c1ccc(S(=O)(=O)NC(C)(C)C(C)O)cc1. The second-order valence-electron chi connectivity index (χ2n) is 5.88. The Labute approximate surface area is 122 Å². The Morgan fingerprint density at radius 2 is 1.70 bits per heavy atom. The largest absolute Gasteiger partial charge is 0.391 e. The lowest BCUT2D eigenvalue weighted by molar-refractivity contribution is 0.111. The van der Waals surface area contributed by atoms with E-state index in [-0.39, 0.29) is 4.90 Å². The first kappa shape index (κ1) is 17.1. The number of hydrogen-bond acceptors (Lipinski definition) is 3. The van der Waals surface area contributed by atoms with Gasteiger partial charge in [-0.25, -0.2) is 13.1 Å². The summed E-state index contributed by atoms with van der Waals surface area (Å²) >= 11 is 0. The summed E-state index contributed by atoms with van der Waals surface area (Å²) in [7, 11) is -3.62. The lowest BCUT2D eigenvalue weighted by Crippen LogP contribution is -2.50. The summed E-state index contributed by atoms with van der Waals surface area (Å²) in [6.45, 7) is 9.08. The van der Waals surface area contributed by atoms with Gasteiger partial charge in [0.05, 0.1) is 16.5 Å². The summed E-state index contributed by atoms with van der Waals surface area (Å²) < 4.78 is 27.1. The second kappa shape index (κ2) is 6.24. The molecule has 2 unspecified atom stereocenters. The molecular formula is C15H25NO3S. The number of aliphatic hydroxyl groups is 1. The molecule has 5 heteroatoms. The Hall–Kier alpha value is -0.910.